The van der Waals surface area contributed by atoms with Gasteiger partial charge in [-0.3, -0.25) is 4.79 Å². The number of benzene rings is 1. The maximum absolute atomic E-state index is 11.0. The number of allylic oxidation sites excluding steroid dienone is 2. The molecule has 1 rings (SSSR count). The fraction of sp³-hybridized carbons (Fsp3) is 0.450. The van der Waals surface area contributed by atoms with Gasteiger partial charge in [0, 0.05) is 13.0 Å². The number of ether oxygens (including phenoxy) is 1. The summed E-state index contributed by atoms with van der Waals surface area (Å²) >= 11 is 0. The third kappa shape index (κ3) is 6.69. The molecule has 1 aromatic rings. The number of hydrogen-bond acceptors (Lipinski definition) is 3. The van der Waals surface area contributed by atoms with E-state index in [4.69, 9.17) is 15.6 Å². The predicted octanol–water partition coefficient (Wildman–Crippen LogP) is 3.57. The van der Waals surface area contributed by atoms with E-state index >= 15 is 0 Å². The smallest absolute Gasteiger partial charge is 0.323 e. The van der Waals surface area contributed by atoms with E-state index in [2.05, 4.69) is 25.1 Å². The van der Waals surface area contributed by atoms with Gasteiger partial charge in [-0.1, -0.05) is 61.1 Å². The van der Waals surface area contributed by atoms with Crippen LogP contribution in [-0.4, -0.2) is 29.8 Å². The zero-order valence-corrected chi connectivity index (χ0v) is 15.0. The van der Waals surface area contributed by atoms with E-state index in [0.29, 0.717) is 6.42 Å². The lowest BCUT2D eigenvalue weighted by Gasteiger charge is -2.21. The lowest BCUT2D eigenvalue weighted by molar-refractivity contribution is -0.142. The van der Waals surface area contributed by atoms with Crippen molar-refractivity contribution in [3.05, 3.63) is 59.7 Å². The van der Waals surface area contributed by atoms with Gasteiger partial charge in [0.2, 0.25) is 0 Å². The molecule has 0 saturated carbocycles. The zero-order valence-electron chi connectivity index (χ0n) is 15.0. The fourth-order valence-corrected chi connectivity index (χ4v) is 2.48. The Hall–Kier alpha value is -1.91. The van der Waals surface area contributed by atoms with Crippen LogP contribution in [0, 0.1) is 5.92 Å². The first-order chi connectivity index (χ1) is 11.3. The van der Waals surface area contributed by atoms with E-state index < -0.39 is 11.5 Å². The molecular formula is C20H29NO3. The molecule has 132 valence electrons. The average Bonchev–Trinajstić information content (AvgIpc) is 2.53. The van der Waals surface area contributed by atoms with E-state index in [-0.39, 0.29) is 12.0 Å². The van der Waals surface area contributed by atoms with Crippen LogP contribution < -0.4 is 5.73 Å². The third-order valence-electron chi connectivity index (χ3n) is 4.11. The Morgan fingerprint density at radius 2 is 2.00 bits per heavy atom. The van der Waals surface area contributed by atoms with E-state index in [9.17, 15) is 4.79 Å². The van der Waals surface area contributed by atoms with Crippen LogP contribution in [0.3, 0.4) is 0 Å². The molecule has 1 aromatic carbocycles. The summed E-state index contributed by atoms with van der Waals surface area (Å²) in [6.07, 6.45) is 7.11. The Labute approximate surface area is 145 Å². The van der Waals surface area contributed by atoms with Gasteiger partial charge >= 0.3 is 5.97 Å². The normalized spacial score (nSPS) is 17.5. The van der Waals surface area contributed by atoms with E-state index in [1.807, 2.05) is 37.3 Å². The van der Waals surface area contributed by atoms with Gasteiger partial charge in [-0.05, 0) is 32.3 Å². The number of methoxy groups -OCH3 is 1. The second kappa shape index (κ2) is 9.40. The van der Waals surface area contributed by atoms with Crippen molar-refractivity contribution in [1.29, 1.82) is 0 Å². The molecule has 24 heavy (non-hydrogen) atoms. The monoisotopic (exact) mass is 331 g/mol. The highest BCUT2D eigenvalue weighted by Gasteiger charge is 2.25. The Morgan fingerprint density at radius 3 is 2.54 bits per heavy atom. The Balaban J connectivity index is 2.66. The molecule has 0 aliphatic rings. The molecule has 0 bridgehead atoms. The largest absolute Gasteiger partial charge is 0.480 e. The highest BCUT2D eigenvalue weighted by atomic mass is 16.5. The van der Waals surface area contributed by atoms with E-state index in [1.54, 1.807) is 7.11 Å². The van der Waals surface area contributed by atoms with Gasteiger partial charge in [0.05, 0.1) is 6.10 Å². The Kier molecular flexibility index (Phi) is 7.89. The van der Waals surface area contributed by atoms with E-state index in [1.165, 1.54) is 12.5 Å². The Morgan fingerprint density at radius 1 is 1.38 bits per heavy atom. The second-order valence-electron chi connectivity index (χ2n) is 6.56. The van der Waals surface area contributed by atoms with Crippen molar-refractivity contribution in [3.8, 4) is 0 Å². The van der Waals surface area contributed by atoms with Crippen molar-refractivity contribution in [2.75, 3.05) is 7.11 Å². The maximum Gasteiger partial charge on any atom is 0.323 e. The molecule has 0 aliphatic carbocycles. The number of carboxylic acids is 1. The van der Waals surface area contributed by atoms with Gasteiger partial charge in [0.15, 0.2) is 0 Å². The first kappa shape index (κ1) is 20.1. The van der Waals surface area contributed by atoms with Crippen LogP contribution >= 0.6 is 0 Å². The molecule has 0 aliphatic heterocycles. The molecule has 0 heterocycles. The van der Waals surface area contributed by atoms with Crippen LogP contribution in [-0.2, 0) is 16.0 Å². The molecule has 3 atom stereocenters. The molecule has 4 nitrogen and oxygen atoms in total. The molecule has 0 radical (unpaired) electrons. The van der Waals surface area contributed by atoms with Crippen LogP contribution in [0.15, 0.2) is 54.1 Å². The molecule has 3 unspecified atom stereocenters. The number of carboxylic acid groups (broad SMARTS) is 1. The molecule has 0 saturated heterocycles. The molecule has 0 fully saturated rings. The molecule has 0 amide bonds. The third-order valence-corrected chi connectivity index (χ3v) is 4.11. The fourth-order valence-electron chi connectivity index (χ4n) is 2.48. The van der Waals surface area contributed by atoms with Crippen molar-refractivity contribution in [1.82, 2.24) is 0 Å². The minimum absolute atomic E-state index is 0.0922. The molecule has 3 N–H and O–H groups in total. The minimum Gasteiger partial charge on any atom is -0.480 e. The lowest BCUT2D eigenvalue weighted by Crippen LogP contribution is -2.44. The maximum atomic E-state index is 11.0. The van der Waals surface area contributed by atoms with Crippen molar-refractivity contribution < 1.29 is 14.6 Å². The average molecular weight is 331 g/mol. The minimum atomic E-state index is -1.23. The SMILES string of the molecule is COC(Cc1ccccc1)C(C)C=C(C)C=CCC(C)(N)C(=O)O. The topological polar surface area (TPSA) is 72.5 Å². The summed E-state index contributed by atoms with van der Waals surface area (Å²) in [6.45, 7) is 5.64. The molecular weight excluding hydrogens is 302 g/mol. The first-order valence-electron chi connectivity index (χ1n) is 8.20. The lowest BCUT2D eigenvalue weighted by atomic mass is 9.95. The van der Waals surface area contributed by atoms with E-state index in [0.717, 1.165) is 12.0 Å². The number of aliphatic carboxylic acids is 1. The first-order valence-corrected chi connectivity index (χ1v) is 8.20. The van der Waals surface area contributed by atoms with Crippen molar-refractivity contribution >= 4 is 5.97 Å². The number of nitrogens with two attached hydrogens (primary N) is 1. The summed E-state index contributed by atoms with van der Waals surface area (Å²) in [5.74, 6) is -0.756. The number of hydrogen-bond donors (Lipinski definition) is 2. The molecule has 0 aromatic heterocycles. The predicted molar refractivity (Wildman–Crippen MR) is 97.8 cm³/mol. The summed E-state index contributed by atoms with van der Waals surface area (Å²) < 4.78 is 5.64. The summed E-state index contributed by atoms with van der Waals surface area (Å²) in [4.78, 5) is 11.0. The van der Waals surface area contributed by atoms with Crippen LogP contribution in [0.4, 0.5) is 0 Å². The Bertz CT molecular complexity index is 576. The number of carbonyl (C=O) groups is 1. The van der Waals surface area contributed by atoms with Crippen LogP contribution in [0.1, 0.15) is 32.8 Å². The van der Waals surface area contributed by atoms with Crippen molar-refractivity contribution in [2.45, 2.75) is 45.3 Å². The highest BCUT2D eigenvalue weighted by Crippen LogP contribution is 2.17. The molecule has 0 spiro atoms. The van der Waals surface area contributed by atoms with Crippen LogP contribution in [0.25, 0.3) is 0 Å². The van der Waals surface area contributed by atoms with Gasteiger partial charge in [0.25, 0.3) is 0 Å². The zero-order chi connectivity index (χ0) is 18.2. The quantitative estimate of drug-likeness (QED) is 0.679. The van der Waals surface area contributed by atoms with Gasteiger partial charge < -0.3 is 15.6 Å². The number of rotatable bonds is 9. The summed E-state index contributed by atoms with van der Waals surface area (Å²) in [5, 5.41) is 9.01. The van der Waals surface area contributed by atoms with Gasteiger partial charge in [-0.25, -0.2) is 0 Å². The van der Waals surface area contributed by atoms with Crippen LogP contribution in [0.2, 0.25) is 0 Å². The second-order valence-corrected chi connectivity index (χ2v) is 6.56. The summed E-state index contributed by atoms with van der Waals surface area (Å²) in [7, 11) is 1.73. The van der Waals surface area contributed by atoms with Gasteiger partial charge in [-0.2, -0.15) is 0 Å². The van der Waals surface area contributed by atoms with Crippen molar-refractivity contribution in [2.24, 2.45) is 11.7 Å². The standard InChI is InChI=1S/C20H29NO3/c1-15(9-8-12-20(3,21)19(22)23)13-16(2)18(24-4)14-17-10-6-5-7-11-17/h5-11,13,16,18H,12,14,21H2,1-4H3,(H,22,23). The van der Waals surface area contributed by atoms with Crippen LogP contribution in [0.5, 0.6) is 0 Å². The van der Waals surface area contributed by atoms with Crippen molar-refractivity contribution in [3.63, 3.8) is 0 Å². The summed E-state index contributed by atoms with van der Waals surface area (Å²) in [5.41, 5.74) is 6.80. The summed E-state index contributed by atoms with van der Waals surface area (Å²) in [6, 6.07) is 10.3. The van der Waals surface area contributed by atoms with Gasteiger partial charge in [0.1, 0.15) is 5.54 Å². The molecule has 4 heteroatoms. The van der Waals surface area contributed by atoms with Gasteiger partial charge in [-0.15, -0.1) is 0 Å². The highest BCUT2D eigenvalue weighted by molar-refractivity contribution is 5.78.